The summed E-state index contributed by atoms with van der Waals surface area (Å²) in [7, 11) is 0. The van der Waals surface area contributed by atoms with Gasteiger partial charge in [-0.05, 0) is 53.8 Å². The van der Waals surface area contributed by atoms with Gasteiger partial charge in [0.1, 0.15) is 5.92 Å². The molecule has 1 heterocycles. The van der Waals surface area contributed by atoms with E-state index in [1.54, 1.807) is 6.20 Å². The Hall–Kier alpha value is -2.69. The molecule has 23 heavy (non-hydrogen) atoms. The topological polar surface area (TPSA) is 99.1 Å². The average molecular weight is 311 g/mol. The Labute approximate surface area is 135 Å². The third kappa shape index (κ3) is 3.39. The van der Waals surface area contributed by atoms with Crippen LogP contribution < -0.4 is 11.5 Å². The summed E-state index contributed by atoms with van der Waals surface area (Å²) < 4.78 is 0. The summed E-state index contributed by atoms with van der Waals surface area (Å²) in [5.74, 6) is -2.53. The molecule has 0 saturated heterocycles. The maximum absolute atomic E-state index is 11.7. The highest BCUT2D eigenvalue weighted by atomic mass is 16.2. The molecule has 5 heteroatoms. The number of aromatic nitrogens is 1. The Morgan fingerprint density at radius 1 is 1.04 bits per heavy atom. The zero-order valence-corrected chi connectivity index (χ0v) is 13.4. The lowest BCUT2D eigenvalue weighted by molar-refractivity contribution is -0.128. The van der Waals surface area contributed by atoms with Crippen LogP contribution in [0.25, 0.3) is 11.3 Å². The van der Waals surface area contributed by atoms with Crippen LogP contribution in [0.4, 0.5) is 0 Å². The Morgan fingerprint density at radius 2 is 1.61 bits per heavy atom. The molecule has 0 aliphatic carbocycles. The molecule has 5 nitrogen and oxygen atoms in total. The molecule has 1 aromatic carbocycles. The van der Waals surface area contributed by atoms with Gasteiger partial charge in [0.15, 0.2) is 0 Å². The molecule has 0 saturated carbocycles. The van der Waals surface area contributed by atoms with Crippen molar-refractivity contribution in [2.45, 2.75) is 32.6 Å². The summed E-state index contributed by atoms with van der Waals surface area (Å²) in [5.41, 5.74) is 15.1. The fourth-order valence-corrected chi connectivity index (χ4v) is 2.84. The van der Waals surface area contributed by atoms with Gasteiger partial charge in [-0.3, -0.25) is 14.6 Å². The number of hydrogen-bond donors (Lipinski definition) is 2. The molecule has 4 N–H and O–H groups in total. The molecule has 2 amide bonds. The lowest BCUT2D eigenvalue weighted by Crippen LogP contribution is -2.34. The second kappa shape index (κ2) is 7.05. The Balaban J connectivity index is 2.69. The molecule has 0 fully saturated rings. The first kappa shape index (κ1) is 16.7. The Morgan fingerprint density at radius 3 is 2.00 bits per heavy atom. The number of hydrogen-bond acceptors (Lipinski definition) is 3. The molecular weight excluding hydrogens is 290 g/mol. The minimum absolute atomic E-state index is 0.648. The minimum atomic E-state index is -1.10. The van der Waals surface area contributed by atoms with Crippen LogP contribution in [0.2, 0.25) is 0 Å². The van der Waals surface area contributed by atoms with Crippen LogP contribution in [-0.4, -0.2) is 16.8 Å². The Bertz CT molecular complexity index is 687. The van der Waals surface area contributed by atoms with E-state index in [1.807, 2.05) is 44.2 Å². The molecule has 0 aliphatic rings. The molecule has 0 radical (unpaired) electrons. The molecule has 2 rings (SSSR count). The van der Waals surface area contributed by atoms with Crippen LogP contribution >= 0.6 is 0 Å². The molecule has 1 aromatic heterocycles. The molecule has 0 unspecified atom stereocenters. The number of nitrogens with zero attached hydrogens (tertiary/aromatic N) is 1. The van der Waals surface area contributed by atoms with Crippen LogP contribution in [0, 0.1) is 0 Å². The summed E-state index contributed by atoms with van der Waals surface area (Å²) in [5, 5.41) is 0. The maximum atomic E-state index is 11.7. The lowest BCUT2D eigenvalue weighted by atomic mass is 9.84. The number of pyridine rings is 1. The minimum Gasteiger partial charge on any atom is -0.369 e. The van der Waals surface area contributed by atoms with Crippen molar-refractivity contribution in [3.05, 3.63) is 53.2 Å². The van der Waals surface area contributed by atoms with Crippen molar-refractivity contribution in [2.75, 3.05) is 0 Å². The smallest absolute Gasteiger partial charge is 0.234 e. The van der Waals surface area contributed by atoms with Crippen molar-refractivity contribution < 1.29 is 9.59 Å². The van der Waals surface area contributed by atoms with Crippen LogP contribution in [0.5, 0.6) is 0 Å². The van der Waals surface area contributed by atoms with Gasteiger partial charge in [0, 0.05) is 11.8 Å². The zero-order chi connectivity index (χ0) is 17.0. The van der Waals surface area contributed by atoms with Crippen molar-refractivity contribution >= 4 is 11.8 Å². The van der Waals surface area contributed by atoms with E-state index in [0.29, 0.717) is 18.4 Å². The van der Waals surface area contributed by atoms with Gasteiger partial charge < -0.3 is 11.5 Å². The van der Waals surface area contributed by atoms with Gasteiger partial charge in [0.2, 0.25) is 11.8 Å². The number of benzene rings is 1. The van der Waals surface area contributed by atoms with E-state index in [0.717, 1.165) is 22.4 Å². The van der Waals surface area contributed by atoms with Gasteiger partial charge in [-0.25, -0.2) is 0 Å². The van der Waals surface area contributed by atoms with Crippen molar-refractivity contribution in [1.82, 2.24) is 4.98 Å². The van der Waals surface area contributed by atoms with Gasteiger partial charge in [0.05, 0.1) is 5.69 Å². The summed E-state index contributed by atoms with van der Waals surface area (Å²) in [6.45, 7) is 3.94. The van der Waals surface area contributed by atoms with Crippen LogP contribution in [0.15, 0.2) is 36.5 Å². The molecular formula is C18H21N3O2. The second-order valence-corrected chi connectivity index (χ2v) is 5.37. The fraction of sp³-hybridized carbons (Fsp3) is 0.278. The van der Waals surface area contributed by atoms with Gasteiger partial charge in [-0.1, -0.05) is 19.9 Å². The summed E-state index contributed by atoms with van der Waals surface area (Å²) >= 11 is 0. The first-order valence-electron chi connectivity index (χ1n) is 7.65. The fourth-order valence-electron chi connectivity index (χ4n) is 2.84. The molecule has 0 bridgehead atoms. The quantitative estimate of drug-likeness (QED) is 0.797. The van der Waals surface area contributed by atoms with Crippen molar-refractivity contribution in [1.29, 1.82) is 0 Å². The predicted octanol–water partition coefficient (Wildman–Crippen LogP) is 1.93. The predicted molar refractivity (Wildman–Crippen MR) is 89.6 cm³/mol. The SMILES string of the molecule is CCc1cc(-c2ccccn2)cc(CC)c1C(C(N)=O)C(N)=O. The highest BCUT2D eigenvalue weighted by Crippen LogP contribution is 2.30. The third-order valence-electron chi connectivity index (χ3n) is 3.93. The Kier molecular flexibility index (Phi) is 5.11. The van der Waals surface area contributed by atoms with E-state index in [4.69, 9.17) is 11.5 Å². The van der Waals surface area contributed by atoms with E-state index in [2.05, 4.69) is 4.98 Å². The number of rotatable bonds is 6. The molecule has 120 valence electrons. The van der Waals surface area contributed by atoms with Crippen molar-refractivity contribution in [3.63, 3.8) is 0 Å². The van der Waals surface area contributed by atoms with Crippen molar-refractivity contribution in [3.8, 4) is 11.3 Å². The van der Waals surface area contributed by atoms with E-state index in [9.17, 15) is 9.59 Å². The summed E-state index contributed by atoms with van der Waals surface area (Å²) in [6, 6.07) is 9.61. The first-order chi connectivity index (χ1) is 11.0. The number of aryl methyl sites for hydroxylation is 2. The average Bonchev–Trinajstić information content (AvgIpc) is 2.55. The molecule has 2 aromatic rings. The van der Waals surface area contributed by atoms with E-state index in [-0.39, 0.29) is 0 Å². The van der Waals surface area contributed by atoms with Crippen LogP contribution in [-0.2, 0) is 22.4 Å². The van der Waals surface area contributed by atoms with Gasteiger partial charge >= 0.3 is 0 Å². The van der Waals surface area contributed by atoms with Gasteiger partial charge in [0.25, 0.3) is 0 Å². The number of nitrogens with two attached hydrogens (primary N) is 2. The standard InChI is InChI=1S/C18H21N3O2/c1-3-11-9-13(14-7-5-6-8-21-14)10-12(4-2)15(11)16(17(19)22)18(20)23/h5-10,16H,3-4H2,1-2H3,(H2,19,22)(H2,20,23). The van der Waals surface area contributed by atoms with Crippen LogP contribution in [0.3, 0.4) is 0 Å². The summed E-state index contributed by atoms with van der Waals surface area (Å²) in [4.78, 5) is 27.8. The molecule has 0 atom stereocenters. The summed E-state index contributed by atoms with van der Waals surface area (Å²) in [6.07, 6.45) is 3.07. The van der Waals surface area contributed by atoms with Crippen molar-refractivity contribution in [2.24, 2.45) is 11.5 Å². The normalized spacial score (nSPS) is 10.7. The van der Waals surface area contributed by atoms with E-state index >= 15 is 0 Å². The first-order valence-corrected chi connectivity index (χ1v) is 7.65. The largest absolute Gasteiger partial charge is 0.369 e. The lowest BCUT2D eigenvalue weighted by Gasteiger charge is -2.20. The maximum Gasteiger partial charge on any atom is 0.234 e. The molecule has 0 spiro atoms. The highest BCUT2D eigenvalue weighted by molar-refractivity contribution is 6.05. The van der Waals surface area contributed by atoms with Crippen LogP contribution in [0.1, 0.15) is 36.5 Å². The number of carbonyl (C=O) groups excluding carboxylic acids is 2. The van der Waals surface area contributed by atoms with E-state index < -0.39 is 17.7 Å². The number of primary amides is 2. The monoisotopic (exact) mass is 311 g/mol. The second-order valence-electron chi connectivity index (χ2n) is 5.37. The third-order valence-corrected chi connectivity index (χ3v) is 3.93. The van der Waals surface area contributed by atoms with E-state index in [1.165, 1.54) is 0 Å². The highest BCUT2D eigenvalue weighted by Gasteiger charge is 2.28. The molecule has 0 aliphatic heterocycles. The zero-order valence-electron chi connectivity index (χ0n) is 13.4. The number of amides is 2. The van der Waals surface area contributed by atoms with Gasteiger partial charge in [-0.15, -0.1) is 0 Å². The number of carbonyl (C=O) groups is 2. The van der Waals surface area contributed by atoms with Gasteiger partial charge in [-0.2, -0.15) is 0 Å².